The van der Waals surface area contributed by atoms with Crippen LogP contribution in [0.3, 0.4) is 0 Å². The van der Waals surface area contributed by atoms with Gasteiger partial charge in [-0.25, -0.2) is 19.9 Å². The number of rotatable bonds is 4. The fourth-order valence-electron chi connectivity index (χ4n) is 3.39. The lowest BCUT2D eigenvalue weighted by Crippen LogP contribution is -2.31. The largest absolute Gasteiger partial charge is 0.504 e. The van der Waals surface area contributed by atoms with Crippen molar-refractivity contribution in [2.45, 2.75) is 22.9 Å². The molecule has 2 aromatic heterocycles. The Morgan fingerprint density at radius 3 is 2.76 bits per heavy atom. The lowest BCUT2D eigenvalue weighted by Gasteiger charge is -2.21. The average Bonchev–Trinajstić information content (AvgIpc) is 3.21. The zero-order valence-electron chi connectivity index (χ0n) is 17.0. The Hall–Kier alpha value is -3.77. The molecule has 5 rings (SSSR count). The van der Waals surface area contributed by atoms with E-state index in [-0.39, 0.29) is 22.8 Å². The Labute approximate surface area is 198 Å². The lowest BCUT2D eigenvalue weighted by molar-refractivity contribution is 0.403. The molecule has 10 nitrogen and oxygen atoms in total. The fourth-order valence-corrected chi connectivity index (χ4v) is 4.85. The number of benzene rings is 1. The molecule has 0 bridgehead atoms. The summed E-state index contributed by atoms with van der Waals surface area (Å²) in [6.45, 7) is 0.374. The van der Waals surface area contributed by atoms with E-state index in [1.807, 2.05) is 12.1 Å². The van der Waals surface area contributed by atoms with Gasteiger partial charge in [-0.1, -0.05) is 23.9 Å². The minimum absolute atomic E-state index is 0.00239. The molecule has 1 aromatic carbocycles. The third kappa shape index (κ3) is 4.56. The van der Waals surface area contributed by atoms with Crippen molar-refractivity contribution in [3.05, 3.63) is 60.0 Å². The van der Waals surface area contributed by atoms with Gasteiger partial charge in [-0.2, -0.15) is 0 Å². The van der Waals surface area contributed by atoms with Crippen molar-refractivity contribution in [1.29, 1.82) is 0 Å². The molecule has 2 aliphatic heterocycles. The van der Waals surface area contributed by atoms with Gasteiger partial charge >= 0.3 is 0 Å². The van der Waals surface area contributed by atoms with E-state index in [1.165, 1.54) is 12.1 Å². The first-order chi connectivity index (χ1) is 16.1. The smallest absolute Gasteiger partial charge is 0.228 e. The van der Waals surface area contributed by atoms with Crippen molar-refractivity contribution in [1.82, 2.24) is 20.3 Å². The summed E-state index contributed by atoms with van der Waals surface area (Å²) in [6.07, 6.45) is 6.56. The topological polar surface area (TPSA) is 140 Å². The minimum atomic E-state index is -0.180. The molecule has 2 aliphatic rings. The highest BCUT2D eigenvalue weighted by Gasteiger charge is 2.39. The molecule has 2 atom stereocenters. The molecule has 2 unspecified atom stereocenters. The Morgan fingerprint density at radius 2 is 1.94 bits per heavy atom. The standard InChI is InChI=1S/C21H18N8O2S2/c30-14-4-3-11(6-15(14)31)7-25-21(32)28-12-8-23-20(24-9-12)29-18-17-16(26-10-27-18)13-2-1-5-22-19(13)33-17/h1-6,8-10,16-17,30-31H,7H2,(H2,25,28,32)(H,23,24,26,27,29). The number of phenols is 2. The summed E-state index contributed by atoms with van der Waals surface area (Å²) in [5.41, 5.74) is 2.48. The maximum absolute atomic E-state index is 9.57. The molecule has 166 valence electrons. The number of thiocarbonyl (C=S) groups is 1. The zero-order valence-corrected chi connectivity index (χ0v) is 18.6. The molecule has 0 spiro atoms. The van der Waals surface area contributed by atoms with Gasteiger partial charge in [-0.05, 0) is 36.0 Å². The van der Waals surface area contributed by atoms with E-state index >= 15 is 0 Å². The van der Waals surface area contributed by atoms with Crippen LogP contribution in [0, 0.1) is 0 Å². The van der Waals surface area contributed by atoms with E-state index < -0.39 is 0 Å². The predicted molar refractivity (Wildman–Crippen MR) is 131 cm³/mol. The molecule has 0 aliphatic carbocycles. The first-order valence-electron chi connectivity index (χ1n) is 9.92. The number of nitrogens with one attached hydrogen (secondary N) is 3. The normalized spacial score (nSPS) is 18.1. The number of aromatic nitrogens is 3. The van der Waals surface area contributed by atoms with Crippen molar-refractivity contribution < 1.29 is 10.2 Å². The summed E-state index contributed by atoms with van der Waals surface area (Å²) in [5.74, 6) is 0.797. The van der Waals surface area contributed by atoms with E-state index in [1.54, 1.807) is 42.8 Å². The van der Waals surface area contributed by atoms with Crippen molar-refractivity contribution in [2.75, 3.05) is 10.6 Å². The molecular formula is C21H18N8O2S2. The minimum Gasteiger partial charge on any atom is -0.504 e. The van der Waals surface area contributed by atoms with Crippen LogP contribution < -0.4 is 16.0 Å². The highest BCUT2D eigenvalue weighted by Crippen LogP contribution is 2.46. The second kappa shape index (κ2) is 9.00. The molecule has 0 saturated heterocycles. The zero-order chi connectivity index (χ0) is 22.8. The van der Waals surface area contributed by atoms with Crippen LogP contribution in [0.25, 0.3) is 0 Å². The fraction of sp³-hybridized carbons (Fsp3) is 0.143. The van der Waals surface area contributed by atoms with Gasteiger partial charge in [0.15, 0.2) is 16.6 Å². The van der Waals surface area contributed by atoms with E-state index in [9.17, 15) is 10.2 Å². The van der Waals surface area contributed by atoms with E-state index in [4.69, 9.17) is 12.2 Å². The SMILES string of the molecule is Oc1ccc(CNC(=S)Nc2cnc(NC3=NC=NC4c5cccnc5SC34)nc2)cc1O. The maximum atomic E-state index is 9.57. The number of hydrogen-bond donors (Lipinski definition) is 5. The highest BCUT2D eigenvalue weighted by molar-refractivity contribution is 8.01. The van der Waals surface area contributed by atoms with Crippen LogP contribution in [0.4, 0.5) is 11.6 Å². The summed E-state index contributed by atoms with van der Waals surface area (Å²) in [5, 5.41) is 29.5. The van der Waals surface area contributed by atoms with Crippen LogP contribution >= 0.6 is 24.0 Å². The highest BCUT2D eigenvalue weighted by atomic mass is 32.2. The van der Waals surface area contributed by atoms with Crippen molar-refractivity contribution in [3.8, 4) is 11.5 Å². The molecule has 0 amide bonds. The Balaban J connectivity index is 1.17. The van der Waals surface area contributed by atoms with E-state index in [0.717, 1.165) is 22.0 Å². The number of anilines is 2. The van der Waals surface area contributed by atoms with Crippen LogP contribution in [0.1, 0.15) is 17.2 Å². The van der Waals surface area contributed by atoms with Gasteiger partial charge in [0.05, 0.1) is 29.4 Å². The van der Waals surface area contributed by atoms with Crippen molar-refractivity contribution >= 4 is 52.9 Å². The predicted octanol–water partition coefficient (Wildman–Crippen LogP) is 2.84. The van der Waals surface area contributed by atoms with Crippen LogP contribution in [0.15, 0.2) is 63.9 Å². The summed E-state index contributed by atoms with van der Waals surface area (Å²) < 4.78 is 0. The number of hydrogen-bond acceptors (Lipinski definition) is 10. The molecule has 12 heteroatoms. The van der Waals surface area contributed by atoms with Gasteiger partial charge < -0.3 is 26.2 Å². The second-order valence-electron chi connectivity index (χ2n) is 7.21. The number of nitrogens with zero attached hydrogens (tertiary/aromatic N) is 5. The molecule has 4 heterocycles. The van der Waals surface area contributed by atoms with Crippen LogP contribution in [0.5, 0.6) is 11.5 Å². The maximum Gasteiger partial charge on any atom is 0.228 e. The number of fused-ring (bicyclic) bond motifs is 3. The summed E-state index contributed by atoms with van der Waals surface area (Å²) in [6, 6.07) is 8.51. The quantitative estimate of drug-likeness (QED) is 0.281. The van der Waals surface area contributed by atoms with Crippen molar-refractivity contribution in [3.63, 3.8) is 0 Å². The third-order valence-electron chi connectivity index (χ3n) is 4.98. The Morgan fingerprint density at radius 1 is 1.09 bits per heavy atom. The summed E-state index contributed by atoms with van der Waals surface area (Å²) >= 11 is 6.92. The molecule has 5 N–H and O–H groups in total. The van der Waals surface area contributed by atoms with Gasteiger partial charge in [0, 0.05) is 18.3 Å². The third-order valence-corrected chi connectivity index (χ3v) is 6.53. The Bertz CT molecular complexity index is 1270. The van der Waals surface area contributed by atoms with E-state index in [2.05, 4.69) is 40.9 Å². The molecule has 0 radical (unpaired) electrons. The second-order valence-corrected chi connectivity index (χ2v) is 8.75. The summed E-state index contributed by atoms with van der Waals surface area (Å²) in [7, 11) is 0. The van der Waals surface area contributed by atoms with Crippen LogP contribution in [-0.4, -0.2) is 47.7 Å². The number of thioether (sulfide) groups is 1. The number of aliphatic imine (C=N–C) groups is 2. The lowest BCUT2D eigenvalue weighted by atomic mass is 10.1. The first kappa shape index (κ1) is 21.1. The van der Waals surface area contributed by atoms with Gasteiger partial charge in [0.2, 0.25) is 5.95 Å². The number of aromatic hydroxyl groups is 2. The van der Waals surface area contributed by atoms with Gasteiger partial charge in [-0.3, -0.25) is 4.99 Å². The summed E-state index contributed by atoms with van der Waals surface area (Å²) in [4.78, 5) is 22.0. The van der Waals surface area contributed by atoms with Crippen LogP contribution in [-0.2, 0) is 6.54 Å². The monoisotopic (exact) mass is 478 g/mol. The average molecular weight is 479 g/mol. The van der Waals surface area contributed by atoms with Gasteiger partial charge in [0.1, 0.15) is 17.2 Å². The number of phenolic OH excluding ortho intramolecular Hbond substituents is 2. The number of amidine groups is 1. The molecule has 33 heavy (non-hydrogen) atoms. The van der Waals surface area contributed by atoms with Crippen LogP contribution in [0.2, 0.25) is 0 Å². The van der Waals surface area contributed by atoms with E-state index in [0.29, 0.717) is 23.3 Å². The first-order valence-corrected chi connectivity index (χ1v) is 11.2. The molecule has 0 saturated carbocycles. The van der Waals surface area contributed by atoms with Crippen molar-refractivity contribution in [2.24, 2.45) is 9.98 Å². The Kier molecular flexibility index (Phi) is 5.75. The number of pyridine rings is 1. The molecule has 3 aromatic rings. The van der Waals surface area contributed by atoms with Gasteiger partial charge in [-0.15, -0.1) is 0 Å². The van der Waals surface area contributed by atoms with Gasteiger partial charge in [0.25, 0.3) is 0 Å². The molecule has 0 fully saturated rings. The molecular weight excluding hydrogens is 460 g/mol.